The highest BCUT2D eigenvalue weighted by Gasteiger charge is 2.28. The molecule has 5 aromatic rings. The maximum atomic E-state index is 13.3. The van der Waals surface area contributed by atoms with Gasteiger partial charge in [-0.3, -0.25) is 4.57 Å². The maximum Gasteiger partial charge on any atom is 0.250 e. The van der Waals surface area contributed by atoms with Crippen LogP contribution in [-0.2, 0) is 10.0 Å². The molecule has 0 aliphatic rings. The fourth-order valence-corrected chi connectivity index (χ4v) is 6.09. The number of aromatic nitrogens is 3. The predicted octanol–water partition coefficient (Wildman–Crippen LogP) is 5.51. The minimum atomic E-state index is -3.79. The van der Waals surface area contributed by atoms with Crippen molar-refractivity contribution in [2.45, 2.75) is 17.2 Å². The fraction of sp³-hybridized carbons (Fsp3) is 0.0833. The summed E-state index contributed by atoms with van der Waals surface area (Å²) in [4.78, 5) is 8.91. The first-order valence-corrected chi connectivity index (χ1v) is 12.9. The van der Waals surface area contributed by atoms with Crippen molar-refractivity contribution in [3.8, 4) is 5.95 Å². The predicted molar refractivity (Wildman–Crippen MR) is 132 cm³/mol. The topological polar surface area (TPSA) is 76.9 Å². The zero-order valence-corrected chi connectivity index (χ0v) is 19.9. The van der Waals surface area contributed by atoms with Crippen molar-refractivity contribution < 1.29 is 8.42 Å². The molecule has 1 unspecified atom stereocenters. The SMILES string of the molecule is Cc1ccc2cc(C(NS(=O)(=O)c3cccs3)c3ccc(Cl)cc3)n(-c3ncccn3)c2c1. The molecule has 9 heteroatoms. The summed E-state index contributed by atoms with van der Waals surface area (Å²) in [5.74, 6) is 0.461. The van der Waals surface area contributed by atoms with E-state index in [0.717, 1.165) is 22.0 Å². The highest BCUT2D eigenvalue weighted by atomic mass is 35.5. The van der Waals surface area contributed by atoms with E-state index in [9.17, 15) is 8.42 Å². The molecule has 0 aliphatic carbocycles. The van der Waals surface area contributed by atoms with Crippen LogP contribution in [-0.4, -0.2) is 23.0 Å². The Balaban J connectivity index is 1.76. The molecule has 0 aliphatic heterocycles. The minimum Gasteiger partial charge on any atom is -0.280 e. The second kappa shape index (κ2) is 8.72. The van der Waals surface area contributed by atoms with Gasteiger partial charge >= 0.3 is 0 Å². The zero-order valence-electron chi connectivity index (χ0n) is 17.5. The Morgan fingerprint density at radius 3 is 2.45 bits per heavy atom. The molecule has 5 rings (SSSR count). The Hall–Kier alpha value is -3.04. The van der Waals surface area contributed by atoms with Gasteiger partial charge in [-0.15, -0.1) is 11.3 Å². The van der Waals surface area contributed by atoms with Crippen LogP contribution in [0.2, 0.25) is 5.02 Å². The summed E-state index contributed by atoms with van der Waals surface area (Å²) in [6.07, 6.45) is 3.34. The van der Waals surface area contributed by atoms with E-state index in [0.29, 0.717) is 16.7 Å². The van der Waals surface area contributed by atoms with Gasteiger partial charge in [-0.2, -0.15) is 4.72 Å². The average Bonchev–Trinajstić information content (AvgIpc) is 3.47. The molecule has 2 aromatic carbocycles. The van der Waals surface area contributed by atoms with Crippen LogP contribution in [0.3, 0.4) is 0 Å². The number of hydrogen-bond acceptors (Lipinski definition) is 5. The molecule has 3 aromatic heterocycles. The number of hydrogen-bond donors (Lipinski definition) is 1. The van der Waals surface area contributed by atoms with Gasteiger partial charge in [0, 0.05) is 28.5 Å². The lowest BCUT2D eigenvalue weighted by atomic mass is 10.0. The Labute approximate surface area is 200 Å². The molecule has 6 nitrogen and oxygen atoms in total. The van der Waals surface area contributed by atoms with Crippen LogP contribution in [0.4, 0.5) is 0 Å². The summed E-state index contributed by atoms with van der Waals surface area (Å²) in [5.41, 5.74) is 3.41. The molecule has 166 valence electrons. The van der Waals surface area contributed by atoms with Crippen LogP contribution in [0.25, 0.3) is 16.9 Å². The zero-order chi connectivity index (χ0) is 23.0. The van der Waals surface area contributed by atoms with Gasteiger partial charge in [0.1, 0.15) is 4.21 Å². The molecule has 0 spiro atoms. The molecular formula is C24H19ClN4O2S2. The number of halogens is 1. The first-order valence-electron chi connectivity index (χ1n) is 10.1. The molecule has 0 bridgehead atoms. The van der Waals surface area contributed by atoms with Crippen LogP contribution in [0.15, 0.2) is 88.7 Å². The molecule has 0 saturated carbocycles. The molecule has 3 heterocycles. The smallest absolute Gasteiger partial charge is 0.250 e. The Morgan fingerprint density at radius 2 is 1.76 bits per heavy atom. The van der Waals surface area contributed by atoms with E-state index >= 15 is 0 Å². The molecule has 0 fully saturated rings. The molecule has 0 saturated heterocycles. The third-order valence-electron chi connectivity index (χ3n) is 5.27. The third-order valence-corrected chi connectivity index (χ3v) is 8.34. The largest absolute Gasteiger partial charge is 0.280 e. The van der Waals surface area contributed by atoms with Crippen molar-refractivity contribution in [1.29, 1.82) is 0 Å². The lowest BCUT2D eigenvalue weighted by molar-refractivity contribution is 0.570. The number of aryl methyl sites for hydroxylation is 1. The second-order valence-corrected chi connectivity index (χ2v) is 10.9. The van der Waals surface area contributed by atoms with Gasteiger partial charge in [-0.05, 0) is 59.8 Å². The van der Waals surface area contributed by atoms with Gasteiger partial charge in [0.15, 0.2) is 0 Å². The highest BCUT2D eigenvalue weighted by molar-refractivity contribution is 7.91. The van der Waals surface area contributed by atoms with Crippen LogP contribution < -0.4 is 4.72 Å². The number of nitrogens with one attached hydrogen (secondary N) is 1. The van der Waals surface area contributed by atoms with Crippen molar-refractivity contribution in [2.75, 3.05) is 0 Å². The van der Waals surface area contributed by atoms with E-state index in [4.69, 9.17) is 11.6 Å². The number of sulfonamides is 1. The molecule has 0 amide bonds. The van der Waals surface area contributed by atoms with E-state index in [1.807, 2.05) is 47.9 Å². The number of benzene rings is 2. The first-order chi connectivity index (χ1) is 15.9. The summed E-state index contributed by atoms with van der Waals surface area (Å²) in [5, 5.41) is 3.27. The average molecular weight is 495 g/mol. The summed E-state index contributed by atoms with van der Waals surface area (Å²) >= 11 is 7.29. The molecule has 1 atom stereocenters. The summed E-state index contributed by atoms with van der Waals surface area (Å²) in [7, 11) is -3.79. The van der Waals surface area contributed by atoms with Crippen LogP contribution >= 0.6 is 22.9 Å². The van der Waals surface area contributed by atoms with Crippen molar-refractivity contribution in [2.24, 2.45) is 0 Å². The summed E-state index contributed by atoms with van der Waals surface area (Å²) in [6, 6.07) is 19.5. The van der Waals surface area contributed by atoms with Gasteiger partial charge in [0.2, 0.25) is 5.95 Å². The Bertz CT molecular complexity index is 1510. The van der Waals surface area contributed by atoms with E-state index in [-0.39, 0.29) is 4.21 Å². The van der Waals surface area contributed by atoms with Gasteiger partial charge in [0.05, 0.1) is 11.6 Å². The third kappa shape index (κ3) is 4.30. The van der Waals surface area contributed by atoms with Crippen LogP contribution in [0, 0.1) is 6.92 Å². The Morgan fingerprint density at radius 1 is 1.00 bits per heavy atom. The number of fused-ring (bicyclic) bond motifs is 1. The standard InChI is InChI=1S/C24H19ClN4O2S2/c1-16-5-6-18-15-21(29(20(18)14-16)24-26-11-3-12-27-24)23(17-7-9-19(25)10-8-17)28-33(30,31)22-4-2-13-32-22/h2-15,23,28H,1H3. The summed E-state index contributed by atoms with van der Waals surface area (Å²) in [6.45, 7) is 2.01. The molecular weight excluding hydrogens is 476 g/mol. The van der Waals surface area contributed by atoms with Gasteiger partial charge in [0.25, 0.3) is 10.0 Å². The van der Waals surface area contributed by atoms with Gasteiger partial charge in [-0.1, -0.05) is 41.9 Å². The van der Waals surface area contributed by atoms with E-state index in [1.54, 1.807) is 48.1 Å². The number of thiophene rings is 1. The lowest BCUT2D eigenvalue weighted by Crippen LogP contribution is -2.30. The van der Waals surface area contributed by atoms with Crippen LogP contribution in [0.1, 0.15) is 22.9 Å². The normalized spacial score (nSPS) is 12.8. The first kappa shape index (κ1) is 21.8. The number of nitrogens with zero attached hydrogens (tertiary/aromatic N) is 3. The molecule has 0 radical (unpaired) electrons. The van der Waals surface area contributed by atoms with Crippen molar-refractivity contribution in [3.63, 3.8) is 0 Å². The maximum absolute atomic E-state index is 13.3. The molecule has 33 heavy (non-hydrogen) atoms. The van der Waals surface area contributed by atoms with E-state index in [2.05, 4.69) is 14.7 Å². The quantitative estimate of drug-likeness (QED) is 0.337. The van der Waals surface area contributed by atoms with Crippen molar-refractivity contribution in [3.05, 3.63) is 106 Å². The van der Waals surface area contributed by atoms with E-state index < -0.39 is 16.1 Å². The van der Waals surface area contributed by atoms with Crippen molar-refractivity contribution in [1.82, 2.24) is 19.3 Å². The molecule has 1 N–H and O–H groups in total. The monoisotopic (exact) mass is 494 g/mol. The van der Waals surface area contributed by atoms with E-state index in [1.165, 1.54) is 11.3 Å². The van der Waals surface area contributed by atoms with Gasteiger partial charge in [-0.25, -0.2) is 18.4 Å². The van der Waals surface area contributed by atoms with Crippen LogP contribution in [0.5, 0.6) is 0 Å². The van der Waals surface area contributed by atoms with Crippen molar-refractivity contribution >= 4 is 43.9 Å². The minimum absolute atomic E-state index is 0.246. The summed E-state index contributed by atoms with van der Waals surface area (Å²) < 4.78 is 31.6. The fourth-order valence-electron chi connectivity index (χ4n) is 3.76. The Kier molecular flexibility index (Phi) is 5.76. The number of rotatable bonds is 6. The second-order valence-electron chi connectivity index (χ2n) is 7.55. The van der Waals surface area contributed by atoms with Gasteiger partial charge < -0.3 is 0 Å². The lowest BCUT2D eigenvalue weighted by Gasteiger charge is -2.21. The highest BCUT2D eigenvalue weighted by Crippen LogP contribution is 2.33.